The van der Waals surface area contributed by atoms with E-state index in [0.29, 0.717) is 11.5 Å². The van der Waals surface area contributed by atoms with Gasteiger partial charge in [0.2, 0.25) is 0 Å². The van der Waals surface area contributed by atoms with Crippen molar-refractivity contribution < 1.29 is 0 Å². The summed E-state index contributed by atoms with van der Waals surface area (Å²) in [6, 6.07) is 5.00. The summed E-state index contributed by atoms with van der Waals surface area (Å²) >= 11 is 0. The molecule has 2 rings (SSSR count). The monoisotopic (exact) mass is 260 g/mol. The zero-order valence-corrected chi connectivity index (χ0v) is 12.7. The van der Waals surface area contributed by atoms with Gasteiger partial charge in [-0.05, 0) is 42.9 Å². The molecule has 2 nitrogen and oxygen atoms in total. The number of nitrogens with one attached hydrogen (secondary N) is 1. The molecule has 0 bridgehead atoms. The molecule has 1 aliphatic rings. The topological polar surface area (TPSA) is 24.9 Å². The van der Waals surface area contributed by atoms with Gasteiger partial charge in [-0.1, -0.05) is 39.7 Å². The second kappa shape index (κ2) is 6.51. The van der Waals surface area contributed by atoms with E-state index in [1.54, 1.807) is 0 Å². The van der Waals surface area contributed by atoms with Crippen LogP contribution in [0.25, 0.3) is 0 Å². The molecule has 0 aliphatic heterocycles. The van der Waals surface area contributed by atoms with Crippen LogP contribution in [0.15, 0.2) is 18.3 Å². The third-order valence-electron chi connectivity index (χ3n) is 4.75. The van der Waals surface area contributed by atoms with Crippen molar-refractivity contribution in [1.29, 1.82) is 0 Å². The van der Waals surface area contributed by atoms with E-state index in [1.165, 1.54) is 36.9 Å². The molecule has 2 heteroatoms. The molecule has 0 spiro atoms. The highest BCUT2D eigenvalue weighted by atomic mass is 14.9. The van der Waals surface area contributed by atoms with Crippen molar-refractivity contribution in [2.45, 2.75) is 65.3 Å². The van der Waals surface area contributed by atoms with Gasteiger partial charge in [0, 0.05) is 24.4 Å². The Balaban J connectivity index is 2.06. The van der Waals surface area contributed by atoms with E-state index in [9.17, 15) is 0 Å². The van der Waals surface area contributed by atoms with Crippen LogP contribution in [0.5, 0.6) is 0 Å². The van der Waals surface area contributed by atoms with E-state index < -0.39 is 0 Å². The molecule has 1 N–H and O–H groups in total. The van der Waals surface area contributed by atoms with Crippen molar-refractivity contribution in [3.63, 3.8) is 0 Å². The van der Waals surface area contributed by atoms with Crippen molar-refractivity contribution in [3.8, 4) is 0 Å². The predicted molar refractivity (Wildman–Crippen MR) is 81.4 cm³/mol. The van der Waals surface area contributed by atoms with Crippen molar-refractivity contribution in [1.82, 2.24) is 10.3 Å². The molecule has 1 aromatic rings. The lowest BCUT2D eigenvalue weighted by molar-refractivity contribution is 0.221. The average molecular weight is 260 g/mol. The highest BCUT2D eigenvalue weighted by Crippen LogP contribution is 2.41. The van der Waals surface area contributed by atoms with Gasteiger partial charge in [-0.3, -0.25) is 4.98 Å². The summed E-state index contributed by atoms with van der Waals surface area (Å²) in [5.41, 5.74) is 3.02. The minimum Gasteiger partial charge on any atom is -0.313 e. The molecule has 19 heavy (non-hydrogen) atoms. The first-order chi connectivity index (χ1) is 9.18. The Morgan fingerprint density at radius 2 is 2.00 bits per heavy atom. The van der Waals surface area contributed by atoms with E-state index in [4.69, 9.17) is 0 Å². The minimum absolute atomic E-state index is 0.459. The predicted octanol–water partition coefficient (Wildman–Crippen LogP) is 3.74. The van der Waals surface area contributed by atoms with Crippen LogP contribution in [0, 0.1) is 5.41 Å². The minimum atomic E-state index is 0.459. The SMILES string of the molecule is CCNC(Cc1ccc(CC)cn1)C1(C)CCCC1. The third kappa shape index (κ3) is 3.56. The van der Waals surface area contributed by atoms with Gasteiger partial charge in [0.15, 0.2) is 0 Å². The van der Waals surface area contributed by atoms with E-state index in [2.05, 4.69) is 43.2 Å². The van der Waals surface area contributed by atoms with E-state index in [1.807, 2.05) is 6.20 Å². The van der Waals surface area contributed by atoms with Crippen LogP contribution in [0.2, 0.25) is 0 Å². The number of pyridine rings is 1. The summed E-state index contributed by atoms with van der Waals surface area (Å²) in [4.78, 5) is 4.63. The molecule has 1 fully saturated rings. The number of rotatable bonds is 6. The number of hydrogen-bond acceptors (Lipinski definition) is 2. The lowest BCUT2D eigenvalue weighted by Gasteiger charge is -2.34. The molecule has 1 heterocycles. The molecular weight excluding hydrogens is 232 g/mol. The van der Waals surface area contributed by atoms with Crippen molar-refractivity contribution in [2.75, 3.05) is 6.54 Å². The van der Waals surface area contributed by atoms with Gasteiger partial charge in [0.1, 0.15) is 0 Å². The van der Waals surface area contributed by atoms with Crippen molar-refractivity contribution in [3.05, 3.63) is 29.6 Å². The van der Waals surface area contributed by atoms with Gasteiger partial charge in [-0.15, -0.1) is 0 Å². The lowest BCUT2D eigenvalue weighted by Crippen LogP contribution is -2.43. The largest absolute Gasteiger partial charge is 0.313 e. The maximum absolute atomic E-state index is 4.63. The smallest absolute Gasteiger partial charge is 0.0419 e. The fourth-order valence-electron chi connectivity index (χ4n) is 3.34. The average Bonchev–Trinajstić information content (AvgIpc) is 2.87. The van der Waals surface area contributed by atoms with Gasteiger partial charge in [0.25, 0.3) is 0 Å². The maximum Gasteiger partial charge on any atom is 0.0419 e. The first kappa shape index (κ1) is 14.5. The standard InChI is InChI=1S/C17H28N2/c1-4-14-8-9-15(19-13-14)12-16(18-5-2)17(3)10-6-7-11-17/h8-9,13,16,18H,4-7,10-12H2,1-3H3. The third-order valence-corrected chi connectivity index (χ3v) is 4.75. The summed E-state index contributed by atoms with van der Waals surface area (Å²) in [5, 5.41) is 3.70. The summed E-state index contributed by atoms with van der Waals surface area (Å²) in [6.07, 6.45) is 9.67. The second-order valence-corrected chi connectivity index (χ2v) is 6.19. The normalized spacial score (nSPS) is 19.5. The first-order valence-electron chi connectivity index (χ1n) is 7.85. The van der Waals surface area contributed by atoms with Crippen LogP contribution in [0.3, 0.4) is 0 Å². The lowest BCUT2D eigenvalue weighted by atomic mass is 9.78. The number of aromatic nitrogens is 1. The highest BCUT2D eigenvalue weighted by molar-refractivity contribution is 5.15. The zero-order valence-electron chi connectivity index (χ0n) is 12.7. The fraction of sp³-hybridized carbons (Fsp3) is 0.706. The van der Waals surface area contributed by atoms with E-state index in [-0.39, 0.29) is 0 Å². The Morgan fingerprint density at radius 1 is 1.26 bits per heavy atom. The molecule has 0 saturated heterocycles. The summed E-state index contributed by atoms with van der Waals surface area (Å²) < 4.78 is 0. The van der Waals surface area contributed by atoms with Crippen LogP contribution in [0.1, 0.15) is 57.7 Å². The molecule has 0 radical (unpaired) electrons. The quantitative estimate of drug-likeness (QED) is 0.842. The molecule has 1 aromatic heterocycles. The summed E-state index contributed by atoms with van der Waals surface area (Å²) in [6.45, 7) is 7.89. The highest BCUT2D eigenvalue weighted by Gasteiger charge is 2.36. The molecule has 0 aromatic carbocycles. The summed E-state index contributed by atoms with van der Waals surface area (Å²) in [5.74, 6) is 0. The molecule has 1 unspecified atom stereocenters. The Hall–Kier alpha value is -0.890. The zero-order chi connectivity index (χ0) is 13.7. The first-order valence-corrected chi connectivity index (χ1v) is 7.85. The molecule has 106 valence electrons. The molecule has 1 atom stereocenters. The van der Waals surface area contributed by atoms with Gasteiger partial charge < -0.3 is 5.32 Å². The Bertz CT molecular complexity index is 377. The van der Waals surface area contributed by atoms with E-state index >= 15 is 0 Å². The summed E-state index contributed by atoms with van der Waals surface area (Å²) in [7, 11) is 0. The molecule has 0 amide bonds. The van der Waals surface area contributed by atoms with Gasteiger partial charge in [-0.2, -0.15) is 0 Å². The van der Waals surface area contributed by atoms with Gasteiger partial charge in [-0.25, -0.2) is 0 Å². The Morgan fingerprint density at radius 3 is 2.53 bits per heavy atom. The molecule has 1 aliphatic carbocycles. The van der Waals surface area contributed by atoms with Gasteiger partial charge >= 0.3 is 0 Å². The van der Waals surface area contributed by atoms with Crippen LogP contribution in [-0.2, 0) is 12.8 Å². The number of hydrogen-bond donors (Lipinski definition) is 1. The van der Waals surface area contributed by atoms with E-state index in [0.717, 1.165) is 19.4 Å². The second-order valence-electron chi connectivity index (χ2n) is 6.19. The van der Waals surface area contributed by atoms with Crippen LogP contribution in [0.4, 0.5) is 0 Å². The van der Waals surface area contributed by atoms with Gasteiger partial charge in [0.05, 0.1) is 0 Å². The van der Waals surface area contributed by atoms with Crippen LogP contribution < -0.4 is 5.32 Å². The van der Waals surface area contributed by atoms with Crippen LogP contribution >= 0.6 is 0 Å². The number of likely N-dealkylation sites (N-methyl/N-ethyl adjacent to an activating group) is 1. The van der Waals surface area contributed by atoms with Crippen molar-refractivity contribution in [2.24, 2.45) is 5.41 Å². The Labute approximate surface area is 118 Å². The molecule has 1 saturated carbocycles. The van der Waals surface area contributed by atoms with Crippen molar-refractivity contribution >= 4 is 0 Å². The number of nitrogens with zero attached hydrogens (tertiary/aromatic N) is 1. The maximum atomic E-state index is 4.63. The Kier molecular flexibility index (Phi) is 4.98. The van der Waals surface area contributed by atoms with Crippen LogP contribution in [-0.4, -0.2) is 17.6 Å². The number of aryl methyl sites for hydroxylation is 1. The molecular formula is C17H28N2. The fourth-order valence-corrected chi connectivity index (χ4v) is 3.34.